The van der Waals surface area contributed by atoms with Gasteiger partial charge in [-0.2, -0.15) is 0 Å². The van der Waals surface area contributed by atoms with Crippen LogP contribution in [-0.2, 0) is 0 Å². The van der Waals surface area contributed by atoms with E-state index < -0.39 is 11.9 Å². The fraction of sp³-hybridized carbons (Fsp3) is 0.0909. The summed E-state index contributed by atoms with van der Waals surface area (Å²) in [6.45, 7) is 0. The summed E-state index contributed by atoms with van der Waals surface area (Å²) in [5.41, 5.74) is 6.35. The van der Waals surface area contributed by atoms with Gasteiger partial charge >= 0.3 is 0 Å². The summed E-state index contributed by atoms with van der Waals surface area (Å²) in [6.07, 6.45) is 0. The lowest BCUT2D eigenvalue weighted by Crippen LogP contribution is -2.10. The van der Waals surface area contributed by atoms with Crippen LogP contribution in [0.1, 0.15) is 16.5 Å². The molecule has 0 unspecified atom stereocenters. The van der Waals surface area contributed by atoms with Crippen molar-refractivity contribution in [3.05, 3.63) is 50.4 Å². The molecule has 84 valence electrons. The molecule has 2 nitrogen and oxygen atoms in total. The fourth-order valence-corrected chi connectivity index (χ4v) is 2.64. The largest absolute Gasteiger partial charge is 0.506 e. The zero-order chi connectivity index (χ0) is 11.7. The Labute approximate surface area is 105 Å². The SMILES string of the molecule is N[C@@H](c1cccs1)c1cc(F)cc(Br)c1O. The quantitative estimate of drug-likeness (QED) is 0.893. The molecule has 2 rings (SSSR count). The van der Waals surface area contributed by atoms with Crippen molar-refractivity contribution in [2.75, 3.05) is 0 Å². The minimum absolute atomic E-state index is 0.0118. The molecule has 0 saturated carbocycles. The second-order valence-corrected chi connectivity index (χ2v) is 5.15. The molecule has 16 heavy (non-hydrogen) atoms. The molecule has 0 saturated heterocycles. The normalized spacial score (nSPS) is 12.7. The molecule has 2 aromatic rings. The van der Waals surface area contributed by atoms with Crippen LogP contribution in [0.4, 0.5) is 4.39 Å². The van der Waals surface area contributed by atoms with Crippen LogP contribution in [0.15, 0.2) is 34.1 Å². The number of phenols is 1. The number of aromatic hydroxyl groups is 1. The van der Waals surface area contributed by atoms with E-state index in [2.05, 4.69) is 15.9 Å². The summed E-state index contributed by atoms with van der Waals surface area (Å²) in [6, 6.07) is 5.68. The molecule has 0 aliphatic heterocycles. The lowest BCUT2D eigenvalue weighted by atomic mass is 10.1. The maximum absolute atomic E-state index is 13.2. The van der Waals surface area contributed by atoms with Gasteiger partial charge in [0, 0.05) is 10.4 Å². The molecule has 0 amide bonds. The van der Waals surface area contributed by atoms with Crippen LogP contribution in [0.5, 0.6) is 5.75 Å². The molecule has 5 heteroatoms. The van der Waals surface area contributed by atoms with Crippen molar-refractivity contribution < 1.29 is 9.50 Å². The van der Waals surface area contributed by atoms with Crippen molar-refractivity contribution in [1.29, 1.82) is 0 Å². The van der Waals surface area contributed by atoms with E-state index in [1.807, 2.05) is 17.5 Å². The Kier molecular flexibility index (Phi) is 3.28. The third-order valence-corrected chi connectivity index (χ3v) is 3.80. The predicted molar refractivity (Wildman–Crippen MR) is 66.1 cm³/mol. The highest BCUT2D eigenvalue weighted by Gasteiger charge is 2.17. The summed E-state index contributed by atoms with van der Waals surface area (Å²) in [4.78, 5) is 0.882. The number of phenolic OH excluding ortho intramolecular Hbond substituents is 1. The number of hydrogen-bond acceptors (Lipinski definition) is 3. The van der Waals surface area contributed by atoms with Crippen LogP contribution in [0.25, 0.3) is 0 Å². The Balaban J connectivity index is 2.48. The number of rotatable bonds is 2. The summed E-state index contributed by atoms with van der Waals surface area (Å²) < 4.78 is 13.5. The van der Waals surface area contributed by atoms with Crippen molar-refractivity contribution in [3.63, 3.8) is 0 Å². The van der Waals surface area contributed by atoms with Gasteiger partial charge in [0.05, 0.1) is 10.5 Å². The Morgan fingerprint density at radius 1 is 1.44 bits per heavy atom. The van der Waals surface area contributed by atoms with Gasteiger partial charge in [-0.15, -0.1) is 11.3 Å². The van der Waals surface area contributed by atoms with Gasteiger partial charge in [-0.3, -0.25) is 0 Å². The molecule has 0 aliphatic rings. The van der Waals surface area contributed by atoms with E-state index in [4.69, 9.17) is 5.73 Å². The number of nitrogens with two attached hydrogens (primary N) is 1. The molecule has 1 heterocycles. The van der Waals surface area contributed by atoms with Crippen LogP contribution in [0.2, 0.25) is 0 Å². The minimum Gasteiger partial charge on any atom is -0.506 e. The highest BCUT2D eigenvalue weighted by atomic mass is 79.9. The van der Waals surface area contributed by atoms with Crippen molar-refractivity contribution in [1.82, 2.24) is 0 Å². The van der Waals surface area contributed by atoms with Crippen molar-refractivity contribution in [2.24, 2.45) is 5.73 Å². The molecular weight excluding hydrogens is 293 g/mol. The van der Waals surface area contributed by atoms with Crippen LogP contribution in [0, 0.1) is 5.82 Å². The maximum Gasteiger partial charge on any atom is 0.135 e. The van der Waals surface area contributed by atoms with E-state index in [0.717, 1.165) is 4.88 Å². The number of hydrogen-bond donors (Lipinski definition) is 2. The molecular formula is C11H9BrFNOS. The van der Waals surface area contributed by atoms with E-state index in [9.17, 15) is 9.50 Å². The van der Waals surface area contributed by atoms with E-state index in [1.165, 1.54) is 23.5 Å². The third-order valence-electron chi connectivity index (χ3n) is 2.24. The number of thiophene rings is 1. The summed E-state index contributed by atoms with van der Waals surface area (Å²) in [5, 5.41) is 11.7. The zero-order valence-corrected chi connectivity index (χ0v) is 10.6. The van der Waals surface area contributed by atoms with Crippen molar-refractivity contribution >= 4 is 27.3 Å². The lowest BCUT2D eigenvalue weighted by Gasteiger charge is -2.13. The standard InChI is InChI=1S/C11H9BrFNOS/c12-8-5-6(13)4-7(11(8)15)10(14)9-2-1-3-16-9/h1-5,10,15H,14H2/t10-/m1/s1. The monoisotopic (exact) mass is 301 g/mol. The minimum atomic E-state index is -0.507. The van der Waals surface area contributed by atoms with Gasteiger partial charge in [0.2, 0.25) is 0 Å². The molecule has 0 radical (unpaired) electrons. The topological polar surface area (TPSA) is 46.2 Å². The van der Waals surface area contributed by atoms with Crippen LogP contribution in [-0.4, -0.2) is 5.11 Å². The third kappa shape index (κ3) is 2.11. The molecule has 1 atom stereocenters. The van der Waals surface area contributed by atoms with Gasteiger partial charge < -0.3 is 10.8 Å². The van der Waals surface area contributed by atoms with Gasteiger partial charge in [-0.05, 0) is 39.5 Å². The smallest absolute Gasteiger partial charge is 0.135 e. The van der Waals surface area contributed by atoms with Gasteiger partial charge in [0.1, 0.15) is 11.6 Å². The fourth-order valence-electron chi connectivity index (χ4n) is 1.44. The first kappa shape index (κ1) is 11.6. The summed E-state index contributed by atoms with van der Waals surface area (Å²) in [5.74, 6) is -0.436. The van der Waals surface area contributed by atoms with Gasteiger partial charge in [0.25, 0.3) is 0 Å². The number of halogens is 2. The first-order valence-electron chi connectivity index (χ1n) is 4.56. The first-order chi connectivity index (χ1) is 7.59. The van der Waals surface area contributed by atoms with Gasteiger partial charge in [0.15, 0.2) is 0 Å². The molecule has 0 spiro atoms. The van der Waals surface area contributed by atoms with Crippen LogP contribution < -0.4 is 5.73 Å². The molecule has 0 fully saturated rings. The Bertz CT molecular complexity index is 501. The van der Waals surface area contributed by atoms with E-state index in [1.54, 1.807) is 0 Å². The van der Waals surface area contributed by atoms with Crippen LogP contribution in [0.3, 0.4) is 0 Å². The second-order valence-electron chi connectivity index (χ2n) is 3.32. The summed E-state index contributed by atoms with van der Waals surface area (Å²) in [7, 11) is 0. The zero-order valence-electron chi connectivity index (χ0n) is 8.15. The Morgan fingerprint density at radius 3 is 2.81 bits per heavy atom. The van der Waals surface area contributed by atoms with E-state index in [0.29, 0.717) is 10.0 Å². The molecule has 1 aromatic carbocycles. The highest BCUT2D eigenvalue weighted by molar-refractivity contribution is 9.10. The van der Waals surface area contributed by atoms with Crippen molar-refractivity contribution in [2.45, 2.75) is 6.04 Å². The summed E-state index contributed by atoms with van der Waals surface area (Å²) >= 11 is 4.56. The molecule has 0 aliphatic carbocycles. The average Bonchev–Trinajstić information content (AvgIpc) is 2.75. The van der Waals surface area contributed by atoms with Gasteiger partial charge in [-0.25, -0.2) is 4.39 Å². The number of benzene rings is 1. The lowest BCUT2D eigenvalue weighted by molar-refractivity contribution is 0.459. The predicted octanol–water partition coefficient (Wildman–Crippen LogP) is 3.40. The second kappa shape index (κ2) is 4.53. The van der Waals surface area contributed by atoms with E-state index in [-0.39, 0.29) is 5.75 Å². The Morgan fingerprint density at radius 2 is 2.19 bits per heavy atom. The average molecular weight is 302 g/mol. The molecule has 1 aromatic heterocycles. The Hall–Kier alpha value is -0.910. The first-order valence-corrected chi connectivity index (χ1v) is 6.23. The molecule has 0 bridgehead atoms. The van der Waals surface area contributed by atoms with E-state index >= 15 is 0 Å². The van der Waals surface area contributed by atoms with Crippen LogP contribution >= 0.6 is 27.3 Å². The maximum atomic E-state index is 13.2. The van der Waals surface area contributed by atoms with Gasteiger partial charge in [-0.1, -0.05) is 6.07 Å². The molecule has 3 N–H and O–H groups in total. The highest BCUT2D eigenvalue weighted by Crippen LogP contribution is 2.35. The van der Waals surface area contributed by atoms with Crippen molar-refractivity contribution in [3.8, 4) is 5.75 Å².